The number of amides is 1. The summed E-state index contributed by atoms with van der Waals surface area (Å²) in [5.74, 6) is -0.430. The van der Waals surface area contributed by atoms with Crippen molar-refractivity contribution in [2.24, 2.45) is 11.7 Å². The molecule has 0 aromatic carbocycles. The minimum Gasteiger partial charge on any atom is -0.395 e. The summed E-state index contributed by atoms with van der Waals surface area (Å²) < 4.78 is 0. The Bertz CT molecular complexity index is 181. The smallest absolute Gasteiger partial charge is 0.221 e. The van der Waals surface area contributed by atoms with Gasteiger partial charge in [0.1, 0.15) is 0 Å². The predicted molar refractivity (Wildman–Crippen MR) is 61.4 cm³/mol. The number of primary amides is 1. The van der Waals surface area contributed by atoms with Crippen molar-refractivity contribution >= 4 is 5.91 Å². The standard InChI is InChI=1S/C11H24N2O2/c1-4-10(5-2)13(6-7-14)8-9(3)11(12)15/h9-10,14H,4-8H2,1-3H3,(H2,12,15). The lowest BCUT2D eigenvalue weighted by Gasteiger charge is -2.31. The van der Waals surface area contributed by atoms with Crippen molar-refractivity contribution in [2.75, 3.05) is 19.7 Å². The SMILES string of the molecule is CCC(CC)N(CCO)CC(C)C(N)=O. The molecule has 90 valence electrons. The largest absolute Gasteiger partial charge is 0.395 e. The molecule has 0 aliphatic carbocycles. The van der Waals surface area contributed by atoms with Gasteiger partial charge in [-0.25, -0.2) is 0 Å². The molecule has 0 heterocycles. The van der Waals surface area contributed by atoms with Crippen molar-refractivity contribution in [3.63, 3.8) is 0 Å². The molecule has 0 rings (SSSR count). The molecule has 0 aromatic rings. The highest BCUT2D eigenvalue weighted by Crippen LogP contribution is 2.10. The molecular weight excluding hydrogens is 192 g/mol. The molecule has 0 radical (unpaired) electrons. The maximum Gasteiger partial charge on any atom is 0.221 e. The maximum absolute atomic E-state index is 11.0. The van der Waals surface area contributed by atoms with Gasteiger partial charge < -0.3 is 10.8 Å². The zero-order valence-electron chi connectivity index (χ0n) is 10.1. The Morgan fingerprint density at radius 2 is 1.93 bits per heavy atom. The number of hydrogen-bond donors (Lipinski definition) is 2. The Labute approximate surface area is 92.4 Å². The lowest BCUT2D eigenvalue weighted by Crippen LogP contribution is -2.42. The van der Waals surface area contributed by atoms with Crippen LogP contribution in [0.2, 0.25) is 0 Å². The normalized spacial score (nSPS) is 13.5. The molecule has 0 fully saturated rings. The number of hydrogen-bond acceptors (Lipinski definition) is 3. The maximum atomic E-state index is 11.0. The molecule has 4 nitrogen and oxygen atoms in total. The van der Waals surface area contributed by atoms with E-state index in [1.807, 2.05) is 6.92 Å². The van der Waals surface area contributed by atoms with Crippen LogP contribution in [0.5, 0.6) is 0 Å². The highest BCUT2D eigenvalue weighted by atomic mass is 16.3. The summed E-state index contributed by atoms with van der Waals surface area (Å²) in [4.78, 5) is 13.1. The first-order valence-corrected chi connectivity index (χ1v) is 5.70. The van der Waals surface area contributed by atoms with E-state index < -0.39 is 0 Å². The fraction of sp³-hybridized carbons (Fsp3) is 0.909. The number of rotatable bonds is 8. The molecule has 0 bridgehead atoms. The third kappa shape index (κ3) is 5.14. The van der Waals surface area contributed by atoms with Crippen molar-refractivity contribution < 1.29 is 9.90 Å². The van der Waals surface area contributed by atoms with Crippen LogP contribution in [0.4, 0.5) is 0 Å². The van der Waals surface area contributed by atoms with E-state index in [2.05, 4.69) is 18.7 Å². The number of carbonyl (C=O) groups excluding carboxylic acids is 1. The molecule has 4 heteroatoms. The van der Waals surface area contributed by atoms with Gasteiger partial charge in [-0.1, -0.05) is 20.8 Å². The zero-order valence-corrected chi connectivity index (χ0v) is 10.1. The molecule has 0 aliphatic rings. The van der Waals surface area contributed by atoms with Crippen LogP contribution in [0.15, 0.2) is 0 Å². The second-order valence-electron chi connectivity index (χ2n) is 3.99. The third-order valence-electron chi connectivity index (χ3n) is 2.84. The molecule has 0 aliphatic heterocycles. The molecule has 1 unspecified atom stereocenters. The van der Waals surface area contributed by atoms with Crippen LogP contribution >= 0.6 is 0 Å². The average Bonchev–Trinajstić information content (AvgIpc) is 2.19. The van der Waals surface area contributed by atoms with E-state index >= 15 is 0 Å². The van der Waals surface area contributed by atoms with E-state index in [9.17, 15) is 4.79 Å². The van der Waals surface area contributed by atoms with Crippen LogP contribution in [-0.2, 0) is 4.79 Å². The molecule has 0 spiro atoms. The van der Waals surface area contributed by atoms with E-state index in [-0.39, 0.29) is 18.4 Å². The third-order valence-corrected chi connectivity index (χ3v) is 2.84. The zero-order chi connectivity index (χ0) is 11.8. The van der Waals surface area contributed by atoms with Gasteiger partial charge in [0.25, 0.3) is 0 Å². The summed E-state index contributed by atoms with van der Waals surface area (Å²) in [6, 6.07) is 0.430. The van der Waals surface area contributed by atoms with Crippen molar-refractivity contribution in [1.82, 2.24) is 4.90 Å². The Morgan fingerprint density at radius 3 is 2.27 bits per heavy atom. The molecule has 0 saturated carbocycles. The minimum absolute atomic E-state index is 0.127. The van der Waals surface area contributed by atoms with Crippen molar-refractivity contribution in [2.45, 2.75) is 39.7 Å². The van der Waals surface area contributed by atoms with Crippen LogP contribution < -0.4 is 5.73 Å². The van der Waals surface area contributed by atoms with Crippen LogP contribution in [0, 0.1) is 5.92 Å². The fourth-order valence-corrected chi connectivity index (χ4v) is 1.80. The quantitative estimate of drug-likeness (QED) is 0.624. The molecule has 1 amide bonds. The Kier molecular flexibility index (Phi) is 7.34. The summed E-state index contributed by atoms with van der Waals surface area (Å²) in [7, 11) is 0. The summed E-state index contributed by atoms with van der Waals surface area (Å²) in [5.41, 5.74) is 5.24. The van der Waals surface area contributed by atoms with Gasteiger partial charge in [0.05, 0.1) is 6.61 Å². The average molecular weight is 216 g/mol. The first kappa shape index (κ1) is 14.4. The number of carbonyl (C=O) groups is 1. The molecule has 1 atom stereocenters. The number of nitrogens with two attached hydrogens (primary N) is 1. The summed E-state index contributed by atoms with van der Waals surface area (Å²) in [6.07, 6.45) is 2.06. The molecule has 0 aromatic heterocycles. The Balaban J connectivity index is 4.30. The molecule has 3 N–H and O–H groups in total. The second kappa shape index (κ2) is 7.65. The van der Waals surface area contributed by atoms with E-state index in [0.717, 1.165) is 12.8 Å². The van der Waals surface area contributed by atoms with Gasteiger partial charge in [-0.15, -0.1) is 0 Å². The van der Waals surface area contributed by atoms with Gasteiger partial charge in [-0.2, -0.15) is 0 Å². The fourth-order valence-electron chi connectivity index (χ4n) is 1.80. The van der Waals surface area contributed by atoms with Gasteiger partial charge in [0, 0.05) is 25.0 Å². The van der Waals surface area contributed by atoms with Gasteiger partial charge in [-0.3, -0.25) is 9.69 Å². The Morgan fingerprint density at radius 1 is 1.40 bits per heavy atom. The van der Waals surface area contributed by atoms with Crippen LogP contribution in [0.25, 0.3) is 0 Å². The summed E-state index contributed by atoms with van der Waals surface area (Å²) in [6.45, 7) is 7.45. The van der Waals surface area contributed by atoms with Gasteiger partial charge in [0.2, 0.25) is 5.91 Å². The van der Waals surface area contributed by atoms with Gasteiger partial charge >= 0.3 is 0 Å². The second-order valence-corrected chi connectivity index (χ2v) is 3.99. The Hall–Kier alpha value is -0.610. The monoisotopic (exact) mass is 216 g/mol. The van der Waals surface area contributed by atoms with E-state index in [0.29, 0.717) is 19.1 Å². The topological polar surface area (TPSA) is 66.6 Å². The summed E-state index contributed by atoms with van der Waals surface area (Å²) >= 11 is 0. The first-order chi connectivity index (χ1) is 7.06. The van der Waals surface area contributed by atoms with E-state index in [1.54, 1.807) is 0 Å². The molecule has 15 heavy (non-hydrogen) atoms. The van der Waals surface area contributed by atoms with E-state index in [1.165, 1.54) is 0 Å². The molecule has 0 saturated heterocycles. The van der Waals surface area contributed by atoms with Crippen LogP contribution in [0.3, 0.4) is 0 Å². The number of aliphatic hydroxyl groups excluding tert-OH is 1. The lowest BCUT2D eigenvalue weighted by atomic mass is 10.1. The predicted octanol–water partition coefficient (Wildman–Crippen LogP) is 0.591. The minimum atomic E-state index is -0.274. The number of aliphatic hydroxyl groups is 1. The lowest BCUT2D eigenvalue weighted by molar-refractivity contribution is -0.122. The first-order valence-electron chi connectivity index (χ1n) is 5.70. The van der Waals surface area contributed by atoms with Crippen LogP contribution in [0.1, 0.15) is 33.6 Å². The van der Waals surface area contributed by atoms with Crippen molar-refractivity contribution in [3.05, 3.63) is 0 Å². The number of nitrogens with zero attached hydrogens (tertiary/aromatic N) is 1. The van der Waals surface area contributed by atoms with Gasteiger partial charge in [0.15, 0.2) is 0 Å². The highest BCUT2D eigenvalue weighted by molar-refractivity contribution is 5.76. The van der Waals surface area contributed by atoms with Gasteiger partial charge in [-0.05, 0) is 12.8 Å². The van der Waals surface area contributed by atoms with Crippen molar-refractivity contribution in [1.29, 1.82) is 0 Å². The van der Waals surface area contributed by atoms with E-state index in [4.69, 9.17) is 10.8 Å². The van der Waals surface area contributed by atoms with Crippen LogP contribution in [-0.4, -0.2) is 41.7 Å². The molecular formula is C11H24N2O2. The highest BCUT2D eigenvalue weighted by Gasteiger charge is 2.19. The van der Waals surface area contributed by atoms with Crippen molar-refractivity contribution in [3.8, 4) is 0 Å². The summed E-state index contributed by atoms with van der Waals surface area (Å²) in [5, 5.41) is 8.97.